The third kappa shape index (κ3) is 4.31. The molecule has 0 fully saturated rings. The summed E-state index contributed by atoms with van der Waals surface area (Å²) in [6.07, 6.45) is 5.01. The van der Waals surface area contributed by atoms with Gasteiger partial charge in [0.25, 0.3) is 0 Å². The lowest BCUT2D eigenvalue weighted by molar-refractivity contribution is 0.240. The molecular weight excluding hydrogens is 309 g/mol. The Hall–Kier alpha value is -2.44. The number of amides is 2. The monoisotopic (exact) mass is 331 g/mol. The highest BCUT2D eigenvalue weighted by atomic mass is 19.1. The average Bonchev–Trinajstić information content (AvgIpc) is 2.80. The number of hydrogen-bond donors (Lipinski definition) is 2. The van der Waals surface area contributed by atoms with E-state index in [-0.39, 0.29) is 11.8 Å². The topological polar surface area (TPSA) is 71.8 Å². The highest BCUT2D eigenvalue weighted by Gasteiger charge is 2.14. The molecule has 2 N–H and O–H groups in total. The van der Waals surface area contributed by atoms with Crippen LogP contribution in [-0.2, 0) is 25.9 Å². The number of aromatic nitrogens is 3. The second-order valence-corrected chi connectivity index (χ2v) is 5.98. The molecule has 0 unspecified atom stereocenters. The predicted octanol–water partition coefficient (Wildman–Crippen LogP) is 2.19. The quantitative estimate of drug-likeness (QED) is 0.882. The van der Waals surface area contributed by atoms with E-state index in [1.807, 2.05) is 6.07 Å². The van der Waals surface area contributed by atoms with Crippen LogP contribution in [0.15, 0.2) is 24.3 Å². The van der Waals surface area contributed by atoms with E-state index in [0.717, 1.165) is 43.0 Å². The van der Waals surface area contributed by atoms with E-state index < -0.39 is 0 Å². The molecule has 0 spiro atoms. The number of hydrogen-bond acceptors (Lipinski definition) is 3. The Morgan fingerprint density at radius 1 is 1.21 bits per heavy atom. The van der Waals surface area contributed by atoms with Crippen LogP contribution in [0.25, 0.3) is 0 Å². The normalized spacial score (nSPS) is 13.9. The number of urea groups is 1. The number of aryl methyl sites for hydroxylation is 1. The summed E-state index contributed by atoms with van der Waals surface area (Å²) < 4.78 is 15.2. The minimum absolute atomic E-state index is 0.252. The number of rotatable bonds is 5. The number of carbonyl (C=O) groups excluding carboxylic acids is 1. The van der Waals surface area contributed by atoms with Crippen molar-refractivity contribution in [1.29, 1.82) is 0 Å². The fraction of sp³-hybridized carbons (Fsp3) is 0.471. The van der Waals surface area contributed by atoms with Gasteiger partial charge in [0.2, 0.25) is 0 Å². The van der Waals surface area contributed by atoms with Gasteiger partial charge in [0.1, 0.15) is 11.6 Å². The van der Waals surface area contributed by atoms with Crippen LogP contribution in [0, 0.1) is 5.82 Å². The van der Waals surface area contributed by atoms with Crippen molar-refractivity contribution >= 4 is 6.03 Å². The van der Waals surface area contributed by atoms with Crippen LogP contribution >= 0.6 is 0 Å². The first-order chi connectivity index (χ1) is 11.7. The van der Waals surface area contributed by atoms with E-state index in [9.17, 15) is 9.18 Å². The lowest BCUT2D eigenvalue weighted by atomic mass is 10.1. The van der Waals surface area contributed by atoms with Gasteiger partial charge in [-0.3, -0.25) is 0 Å². The van der Waals surface area contributed by atoms with Crippen LogP contribution < -0.4 is 10.6 Å². The fourth-order valence-corrected chi connectivity index (χ4v) is 2.91. The Kier molecular flexibility index (Phi) is 5.40. The molecule has 0 atom stereocenters. The Balaban J connectivity index is 1.43. The van der Waals surface area contributed by atoms with Gasteiger partial charge in [0.05, 0.1) is 6.54 Å². The van der Waals surface area contributed by atoms with Gasteiger partial charge >= 0.3 is 6.03 Å². The fourth-order valence-electron chi connectivity index (χ4n) is 2.91. The second-order valence-electron chi connectivity index (χ2n) is 5.98. The van der Waals surface area contributed by atoms with Gasteiger partial charge in [0.15, 0.2) is 5.82 Å². The third-order valence-corrected chi connectivity index (χ3v) is 4.18. The molecule has 0 saturated carbocycles. The molecule has 24 heavy (non-hydrogen) atoms. The minimum Gasteiger partial charge on any atom is -0.338 e. The van der Waals surface area contributed by atoms with Gasteiger partial charge in [-0.05, 0) is 37.0 Å². The number of nitrogens with one attached hydrogen (secondary N) is 2. The van der Waals surface area contributed by atoms with E-state index in [1.165, 1.54) is 18.6 Å². The lowest BCUT2D eigenvalue weighted by Gasteiger charge is -2.09. The first-order valence-electron chi connectivity index (χ1n) is 8.39. The zero-order valence-corrected chi connectivity index (χ0v) is 13.6. The van der Waals surface area contributed by atoms with Crippen molar-refractivity contribution < 1.29 is 9.18 Å². The molecule has 7 heteroatoms. The standard InChI is InChI=1S/C17H22FN5O/c18-14-6-4-5-13(11-14)8-9-19-17(24)20-12-16-22-21-15-7-2-1-3-10-23(15)16/h4-6,11H,1-3,7-10,12H2,(H2,19,20,24). The first kappa shape index (κ1) is 16.4. The van der Waals surface area contributed by atoms with Crippen molar-refractivity contribution in [2.24, 2.45) is 0 Å². The largest absolute Gasteiger partial charge is 0.338 e. The smallest absolute Gasteiger partial charge is 0.315 e. The summed E-state index contributed by atoms with van der Waals surface area (Å²) >= 11 is 0. The Bertz CT molecular complexity index is 700. The van der Waals surface area contributed by atoms with Gasteiger partial charge < -0.3 is 15.2 Å². The first-order valence-corrected chi connectivity index (χ1v) is 8.39. The summed E-state index contributed by atoms with van der Waals surface area (Å²) in [6, 6.07) is 6.14. The molecule has 6 nitrogen and oxygen atoms in total. The molecule has 2 heterocycles. The summed E-state index contributed by atoms with van der Waals surface area (Å²) in [4.78, 5) is 11.9. The molecule has 128 valence electrons. The maximum Gasteiger partial charge on any atom is 0.315 e. The Morgan fingerprint density at radius 2 is 2.12 bits per heavy atom. The molecule has 2 amide bonds. The maximum atomic E-state index is 13.1. The average molecular weight is 331 g/mol. The summed E-state index contributed by atoms with van der Waals surface area (Å²) in [5.74, 6) is 1.55. The second kappa shape index (κ2) is 7.90. The van der Waals surface area contributed by atoms with Crippen molar-refractivity contribution in [2.45, 2.75) is 45.2 Å². The molecule has 1 aromatic carbocycles. The third-order valence-electron chi connectivity index (χ3n) is 4.18. The van der Waals surface area contributed by atoms with Crippen LogP contribution in [0.5, 0.6) is 0 Å². The maximum absolute atomic E-state index is 13.1. The van der Waals surface area contributed by atoms with Gasteiger partial charge in [0, 0.05) is 19.5 Å². The van der Waals surface area contributed by atoms with Crippen LogP contribution in [0.2, 0.25) is 0 Å². The molecule has 2 aromatic rings. The van der Waals surface area contributed by atoms with Gasteiger partial charge in [-0.25, -0.2) is 9.18 Å². The van der Waals surface area contributed by atoms with Crippen LogP contribution in [0.4, 0.5) is 9.18 Å². The summed E-state index contributed by atoms with van der Waals surface area (Å²) in [7, 11) is 0. The number of benzene rings is 1. The highest BCUT2D eigenvalue weighted by Crippen LogP contribution is 2.14. The molecule has 0 aliphatic carbocycles. The number of nitrogens with zero attached hydrogens (tertiary/aromatic N) is 3. The zero-order chi connectivity index (χ0) is 16.8. The highest BCUT2D eigenvalue weighted by molar-refractivity contribution is 5.73. The van der Waals surface area contributed by atoms with Gasteiger partial charge in [-0.15, -0.1) is 10.2 Å². The molecule has 1 aliphatic heterocycles. The Morgan fingerprint density at radius 3 is 3.00 bits per heavy atom. The zero-order valence-electron chi connectivity index (χ0n) is 13.6. The van der Waals surface area contributed by atoms with E-state index in [2.05, 4.69) is 25.4 Å². The molecule has 1 aliphatic rings. The molecule has 1 aromatic heterocycles. The van der Waals surface area contributed by atoms with E-state index in [1.54, 1.807) is 6.07 Å². The SMILES string of the molecule is O=C(NCCc1cccc(F)c1)NCc1nnc2n1CCCCC2. The minimum atomic E-state index is -0.260. The van der Waals surface area contributed by atoms with E-state index in [0.29, 0.717) is 19.5 Å². The van der Waals surface area contributed by atoms with Crippen molar-refractivity contribution in [1.82, 2.24) is 25.4 Å². The van der Waals surface area contributed by atoms with Crippen LogP contribution in [0.3, 0.4) is 0 Å². The molecule has 0 bridgehead atoms. The summed E-state index contributed by atoms with van der Waals surface area (Å²) in [6.45, 7) is 1.73. The van der Waals surface area contributed by atoms with Gasteiger partial charge in [-0.2, -0.15) is 0 Å². The summed E-state index contributed by atoms with van der Waals surface area (Å²) in [5, 5.41) is 14.0. The van der Waals surface area contributed by atoms with Crippen molar-refractivity contribution in [3.63, 3.8) is 0 Å². The molecule has 0 saturated heterocycles. The lowest BCUT2D eigenvalue weighted by Crippen LogP contribution is -2.36. The van der Waals surface area contributed by atoms with Crippen molar-refractivity contribution in [3.05, 3.63) is 47.3 Å². The number of fused-ring (bicyclic) bond motifs is 1. The van der Waals surface area contributed by atoms with Crippen LogP contribution in [0.1, 0.15) is 36.5 Å². The van der Waals surface area contributed by atoms with E-state index >= 15 is 0 Å². The predicted molar refractivity (Wildman–Crippen MR) is 87.9 cm³/mol. The Labute approximate surface area is 140 Å². The number of carbonyl (C=O) groups is 1. The molecular formula is C17H22FN5O. The van der Waals surface area contributed by atoms with Crippen molar-refractivity contribution in [3.8, 4) is 0 Å². The van der Waals surface area contributed by atoms with Crippen molar-refractivity contribution in [2.75, 3.05) is 6.54 Å². The van der Waals surface area contributed by atoms with E-state index in [4.69, 9.17) is 0 Å². The summed E-state index contributed by atoms with van der Waals surface area (Å²) in [5.41, 5.74) is 0.859. The molecule has 0 radical (unpaired) electrons. The molecule has 3 rings (SSSR count). The number of halogens is 1. The van der Waals surface area contributed by atoms with Crippen LogP contribution in [-0.4, -0.2) is 27.3 Å². The van der Waals surface area contributed by atoms with Gasteiger partial charge in [-0.1, -0.05) is 18.6 Å².